The Bertz CT molecular complexity index is 626. The molecule has 1 N–H and O–H groups in total. The van der Waals surface area contributed by atoms with E-state index >= 15 is 0 Å². The summed E-state index contributed by atoms with van der Waals surface area (Å²) in [6.07, 6.45) is 1.49. The molecule has 1 aromatic rings. The Hall–Kier alpha value is -1.40. The van der Waals surface area contributed by atoms with Gasteiger partial charge in [0, 0.05) is 32.0 Å². The summed E-state index contributed by atoms with van der Waals surface area (Å²) in [6, 6.07) is 9.57. The Labute approximate surface area is 125 Å². The van der Waals surface area contributed by atoms with Crippen LogP contribution < -0.4 is 4.72 Å². The van der Waals surface area contributed by atoms with E-state index in [4.69, 9.17) is 0 Å². The number of carbonyl (C=O) groups excluding carboxylic acids is 1. The average Bonchev–Trinajstić information content (AvgIpc) is 3.22. The molecule has 1 heterocycles. The number of benzene rings is 1. The molecule has 1 aliphatic carbocycles. The molecule has 6 heteroatoms. The average molecular weight is 308 g/mol. The minimum atomic E-state index is -3.25. The number of hydrogen-bond donors (Lipinski definition) is 1. The van der Waals surface area contributed by atoms with Gasteiger partial charge in [-0.05, 0) is 18.4 Å². The Balaban J connectivity index is 1.83. The molecule has 1 saturated carbocycles. The molecule has 1 amide bonds. The van der Waals surface area contributed by atoms with Crippen LogP contribution >= 0.6 is 0 Å². The maximum Gasteiger partial charge on any atom is 0.219 e. The predicted octanol–water partition coefficient (Wildman–Crippen LogP) is 1.08. The van der Waals surface area contributed by atoms with Gasteiger partial charge in [0.2, 0.25) is 15.9 Å². The molecule has 0 spiro atoms. The number of sulfonamides is 1. The lowest BCUT2D eigenvalue weighted by molar-refractivity contribution is -0.127. The summed E-state index contributed by atoms with van der Waals surface area (Å²) in [7, 11) is -3.25. The summed E-state index contributed by atoms with van der Waals surface area (Å²) in [5, 5.41) is -0.236. The lowest BCUT2D eigenvalue weighted by atomic mass is 9.95. The predicted molar refractivity (Wildman–Crippen MR) is 80.3 cm³/mol. The molecule has 0 bridgehead atoms. The molecule has 5 nitrogen and oxygen atoms in total. The first-order chi connectivity index (χ1) is 9.97. The second kappa shape index (κ2) is 5.42. The molecule has 2 fully saturated rings. The molecule has 2 atom stereocenters. The van der Waals surface area contributed by atoms with Crippen LogP contribution in [0.3, 0.4) is 0 Å². The van der Waals surface area contributed by atoms with Crippen molar-refractivity contribution in [1.29, 1.82) is 0 Å². The van der Waals surface area contributed by atoms with Crippen LogP contribution in [-0.2, 0) is 14.8 Å². The van der Waals surface area contributed by atoms with Crippen LogP contribution in [0.15, 0.2) is 30.3 Å². The van der Waals surface area contributed by atoms with Gasteiger partial charge in [-0.25, -0.2) is 13.1 Å². The molecule has 1 aliphatic heterocycles. The highest BCUT2D eigenvalue weighted by Crippen LogP contribution is 2.32. The normalized spacial score (nSPS) is 26.0. The monoisotopic (exact) mass is 308 g/mol. The Morgan fingerprint density at radius 3 is 2.43 bits per heavy atom. The minimum absolute atomic E-state index is 0.0101. The zero-order valence-electron chi connectivity index (χ0n) is 12.0. The standard InChI is InChI=1S/C15H20N2O3S/c1-11(18)17-9-14(12-5-3-2-4-6-12)15(10-17)16-21(19,20)13-7-8-13/h2-6,13-16H,7-10H2,1H3/t14-,15+/m0/s1. The van der Waals surface area contributed by atoms with Crippen LogP contribution in [0.25, 0.3) is 0 Å². The molecule has 0 aromatic heterocycles. The van der Waals surface area contributed by atoms with E-state index in [1.54, 1.807) is 4.90 Å². The highest BCUT2D eigenvalue weighted by Gasteiger charge is 2.42. The zero-order chi connectivity index (χ0) is 15.0. The molecule has 0 unspecified atom stereocenters. The van der Waals surface area contributed by atoms with E-state index in [1.165, 1.54) is 6.92 Å². The fraction of sp³-hybridized carbons (Fsp3) is 0.533. The molecule has 0 radical (unpaired) electrons. The second-order valence-corrected chi connectivity index (χ2v) is 7.90. The molecule has 114 valence electrons. The van der Waals surface area contributed by atoms with Gasteiger partial charge in [0.15, 0.2) is 0 Å². The van der Waals surface area contributed by atoms with Gasteiger partial charge in [-0.15, -0.1) is 0 Å². The van der Waals surface area contributed by atoms with Crippen molar-refractivity contribution in [1.82, 2.24) is 9.62 Å². The fourth-order valence-corrected chi connectivity index (χ4v) is 4.51. The van der Waals surface area contributed by atoms with Gasteiger partial charge < -0.3 is 4.90 Å². The van der Waals surface area contributed by atoms with E-state index in [-0.39, 0.29) is 23.1 Å². The summed E-state index contributed by atoms with van der Waals surface area (Å²) in [4.78, 5) is 13.3. The third kappa shape index (κ3) is 3.11. The molecule has 2 aliphatic rings. The van der Waals surface area contributed by atoms with Crippen LogP contribution in [0.5, 0.6) is 0 Å². The maximum absolute atomic E-state index is 12.2. The second-order valence-electron chi connectivity index (χ2n) is 5.91. The number of amides is 1. The highest BCUT2D eigenvalue weighted by atomic mass is 32.2. The quantitative estimate of drug-likeness (QED) is 0.905. The Morgan fingerprint density at radius 2 is 1.86 bits per heavy atom. The molecule has 21 heavy (non-hydrogen) atoms. The molecule has 1 saturated heterocycles. The lowest BCUT2D eigenvalue weighted by Gasteiger charge is -2.19. The van der Waals surface area contributed by atoms with E-state index < -0.39 is 10.0 Å². The summed E-state index contributed by atoms with van der Waals surface area (Å²) in [5.41, 5.74) is 1.07. The Morgan fingerprint density at radius 1 is 1.19 bits per heavy atom. The number of nitrogens with one attached hydrogen (secondary N) is 1. The van der Waals surface area contributed by atoms with Crippen molar-refractivity contribution in [2.24, 2.45) is 0 Å². The number of carbonyl (C=O) groups is 1. The van der Waals surface area contributed by atoms with Crippen LogP contribution in [0.1, 0.15) is 31.2 Å². The number of nitrogens with zero attached hydrogens (tertiary/aromatic N) is 1. The van der Waals surface area contributed by atoms with E-state index in [0.717, 1.165) is 18.4 Å². The summed E-state index contributed by atoms with van der Waals surface area (Å²) < 4.78 is 27.2. The van der Waals surface area contributed by atoms with Gasteiger partial charge in [-0.1, -0.05) is 30.3 Å². The first-order valence-corrected chi connectivity index (χ1v) is 8.83. The zero-order valence-corrected chi connectivity index (χ0v) is 12.8. The van der Waals surface area contributed by atoms with Crippen molar-refractivity contribution in [2.75, 3.05) is 13.1 Å². The van der Waals surface area contributed by atoms with Gasteiger partial charge in [-0.3, -0.25) is 4.79 Å². The van der Waals surface area contributed by atoms with Crippen LogP contribution in [0.2, 0.25) is 0 Å². The molecular formula is C15H20N2O3S. The van der Waals surface area contributed by atoms with Crippen molar-refractivity contribution in [3.8, 4) is 0 Å². The van der Waals surface area contributed by atoms with Crippen molar-refractivity contribution in [3.05, 3.63) is 35.9 Å². The summed E-state index contributed by atoms with van der Waals surface area (Å²) >= 11 is 0. The third-order valence-electron chi connectivity index (χ3n) is 4.27. The smallest absolute Gasteiger partial charge is 0.219 e. The fourth-order valence-electron chi connectivity index (χ4n) is 2.90. The Kier molecular flexibility index (Phi) is 3.75. The third-order valence-corrected chi connectivity index (χ3v) is 6.25. The highest BCUT2D eigenvalue weighted by molar-refractivity contribution is 7.90. The topological polar surface area (TPSA) is 66.5 Å². The first kappa shape index (κ1) is 14.5. The van der Waals surface area contributed by atoms with Crippen LogP contribution in [0, 0.1) is 0 Å². The first-order valence-electron chi connectivity index (χ1n) is 7.29. The van der Waals surface area contributed by atoms with Gasteiger partial charge in [0.1, 0.15) is 0 Å². The van der Waals surface area contributed by atoms with Gasteiger partial charge >= 0.3 is 0 Å². The van der Waals surface area contributed by atoms with Gasteiger partial charge in [0.05, 0.1) is 5.25 Å². The van der Waals surface area contributed by atoms with Crippen LogP contribution in [0.4, 0.5) is 0 Å². The molecular weight excluding hydrogens is 288 g/mol. The van der Waals surface area contributed by atoms with E-state index in [9.17, 15) is 13.2 Å². The molecule has 1 aromatic carbocycles. The van der Waals surface area contributed by atoms with Gasteiger partial charge in [-0.2, -0.15) is 0 Å². The van der Waals surface area contributed by atoms with E-state index in [1.807, 2.05) is 30.3 Å². The van der Waals surface area contributed by atoms with Crippen molar-refractivity contribution in [3.63, 3.8) is 0 Å². The van der Waals surface area contributed by atoms with Crippen molar-refractivity contribution >= 4 is 15.9 Å². The van der Waals surface area contributed by atoms with Crippen molar-refractivity contribution in [2.45, 2.75) is 37.0 Å². The minimum Gasteiger partial charge on any atom is -0.341 e. The SMILES string of the molecule is CC(=O)N1C[C@@H](NS(=O)(=O)C2CC2)[C@H](c2ccccc2)C1. The van der Waals surface area contributed by atoms with Crippen LogP contribution in [-0.4, -0.2) is 43.6 Å². The summed E-state index contributed by atoms with van der Waals surface area (Å²) in [5.74, 6) is 0.00711. The van der Waals surface area contributed by atoms with Crippen molar-refractivity contribution < 1.29 is 13.2 Å². The number of rotatable bonds is 4. The maximum atomic E-state index is 12.2. The number of hydrogen-bond acceptors (Lipinski definition) is 3. The number of likely N-dealkylation sites (tertiary alicyclic amines) is 1. The largest absolute Gasteiger partial charge is 0.341 e. The van der Waals surface area contributed by atoms with E-state index in [0.29, 0.717) is 13.1 Å². The lowest BCUT2D eigenvalue weighted by Crippen LogP contribution is -2.41. The summed E-state index contributed by atoms with van der Waals surface area (Å²) in [6.45, 7) is 2.54. The molecule has 3 rings (SSSR count). The van der Waals surface area contributed by atoms with Gasteiger partial charge in [0.25, 0.3) is 0 Å². The van der Waals surface area contributed by atoms with E-state index in [2.05, 4.69) is 4.72 Å².